The van der Waals surface area contributed by atoms with Gasteiger partial charge in [-0.2, -0.15) is 0 Å². The van der Waals surface area contributed by atoms with E-state index in [2.05, 4.69) is 15.6 Å². The Morgan fingerprint density at radius 2 is 1.67 bits per heavy atom. The molecule has 2 aliphatic carbocycles. The molecular weight excluding hydrogens is 383 g/mol. The molecule has 1 aromatic carbocycles. The van der Waals surface area contributed by atoms with E-state index in [1.165, 1.54) is 37.8 Å². The maximum atomic E-state index is 10.6. The van der Waals surface area contributed by atoms with Crippen LogP contribution in [0.3, 0.4) is 0 Å². The highest BCUT2D eigenvalue weighted by atomic mass is 127. The molecule has 3 rings (SSSR count). The number of nitrogens with zero attached hydrogens (tertiary/aromatic N) is 2. The van der Waals surface area contributed by atoms with Crippen LogP contribution < -0.4 is 10.6 Å². The highest BCUT2D eigenvalue weighted by Gasteiger charge is 2.26. The lowest BCUT2D eigenvalue weighted by Gasteiger charge is -2.11. The van der Waals surface area contributed by atoms with Crippen LogP contribution in [-0.4, -0.2) is 23.0 Å². The Kier molecular flexibility index (Phi) is 5.38. The molecule has 21 heavy (non-hydrogen) atoms. The van der Waals surface area contributed by atoms with Gasteiger partial charge in [-0.1, -0.05) is 12.1 Å². The van der Waals surface area contributed by atoms with Gasteiger partial charge in [0.05, 0.1) is 11.5 Å². The van der Waals surface area contributed by atoms with E-state index in [1.54, 1.807) is 12.1 Å². The largest absolute Gasteiger partial charge is 0.354 e. The van der Waals surface area contributed by atoms with Crippen LogP contribution in [-0.2, 0) is 6.54 Å². The molecule has 0 aromatic heterocycles. The highest BCUT2D eigenvalue weighted by Crippen LogP contribution is 2.21. The normalized spacial score (nSPS) is 16.6. The van der Waals surface area contributed by atoms with Gasteiger partial charge in [0.2, 0.25) is 0 Å². The molecule has 2 saturated carbocycles. The van der Waals surface area contributed by atoms with Crippen molar-refractivity contribution in [2.45, 2.75) is 44.3 Å². The summed E-state index contributed by atoms with van der Waals surface area (Å²) in [4.78, 5) is 14.8. The Morgan fingerprint density at radius 1 is 1.14 bits per heavy atom. The van der Waals surface area contributed by atoms with Gasteiger partial charge in [0.1, 0.15) is 0 Å². The van der Waals surface area contributed by atoms with Crippen molar-refractivity contribution in [3.63, 3.8) is 0 Å². The number of nitro groups is 1. The topological polar surface area (TPSA) is 79.6 Å². The Bertz CT molecular complexity index is 508. The molecule has 0 radical (unpaired) electrons. The van der Waals surface area contributed by atoms with Gasteiger partial charge in [0, 0.05) is 24.2 Å². The van der Waals surface area contributed by atoms with Crippen LogP contribution in [0.2, 0.25) is 0 Å². The van der Waals surface area contributed by atoms with E-state index in [0.29, 0.717) is 18.6 Å². The predicted molar refractivity (Wildman–Crippen MR) is 92.0 cm³/mol. The first-order valence-electron chi connectivity index (χ1n) is 7.01. The van der Waals surface area contributed by atoms with Crippen LogP contribution in [0.1, 0.15) is 31.2 Å². The lowest BCUT2D eigenvalue weighted by Crippen LogP contribution is -2.39. The number of nitrogens with one attached hydrogen (secondary N) is 2. The van der Waals surface area contributed by atoms with Crippen molar-refractivity contribution in [2.24, 2.45) is 4.99 Å². The van der Waals surface area contributed by atoms with Crippen molar-refractivity contribution in [3.8, 4) is 0 Å². The number of non-ortho nitro benzene ring substituents is 1. The van der Waals surface area contributed by atoms with Crippen LogP contribution in [0, 0.1) is 10.1 Å². The predicted octanol–water partition coefficient (Wildman–Crippen LogP) is 2.57. The zero-order chi connectivity index (χ0) is 13.9. The first kappa shape index (κ1) is 16.0. The molecule has 0 spiro atoms. The monoisotopic (exact) mass is 402 g/mol. The number of nitro benzene ring substituents is 1. The van der Waals surface area contributed by atoms with Gasteiger partial charge < -0.3 is 10.6 Å². The maximum absolute atomic E-state index is 10.6. The fraction of sp³-hybridized carbons (Fsp3) is 0.500. The maximum Gasteiger partial charge on any atom is 0.269 e. The molecule has 0 unspecified atom stereocenters. The summed E-state index contributed by atoms with van der Waals surface area (Å²) in [6.45, 7) is 0.534. The second-order valence-corrected chi connectivity index (χ2v) is 5.43. The molecular formula is C14H19IN4O2. The number of rotatable bonds is 5. The Hall–Kier alpha value is -1.38. The summed E-state index contributed by atoms with van der Waals surface area (Å²) in [6.07, 6.45) is 4.84. The summed E-state index contributed by atoms with van der Waals surface area (Å²) >= 11 is 0. The number of aliphatic imine (C=N–C) groups is 1. The minimum absolute atomic E-state index is 0. The third-order valence-corrected chi connectivity index (χ3v) is 3.40. The van der Waals surface area contributed by atoms with Gasteiger partial charge in [0.15, 0.2) is 5.96 Å². The van der Waals surface area contributed by atoms with Gasteiger partial charge in [-0.3, -0.25) is 10.1 Å². The molecule has 0 saturated heterocycles. The van der Waals surface area contributed by atoms with E-state index in [0.717, 1.165) is 11.5 Å². The quantitative estimate of drug-likeness (QED) is 0.261. The second kappa shape index (κ2) is 7.06. The summed E-state index contributed by atoms with van der Waals surface area (Å²) in [5.74, 6) is 0.869. The average Bonchev–Trinajstić information content (AvgIpc) is 3.32. The van der Waals surface area contributed by atoms with Gasteiger partial charge in [0.25, 0.3) is 5.69 Å². The summed E-state index contributed by atoms with van der Waals surface area (Å²) in [7, 11) is 0. The van der Waals surface area contributed by atoms with E-state index in [-0.39, 0.29) is 34.6 Å². The average molecular weight is 402 g/mol. The molecule has 2 N–H and O–H groups in total. The van der Waals surface area contributed by atoms with Crippen molar-refractivity contribution < 1.29 is 4.92 Å². The number of hydrogen-bond donors (Lipinski definition) is 2. The molecule has 7 heteroatoms. The molecule has 2 fully saturated rings. The van der Waals surface area contributed by atoms with E-state index < -0.39 is 0 Å². The first-order valence-corrected chi connectivity index (χ1v) is 7.01. The molecule has 2 aliphatic rings. The summed E-state index contributed by atoms with van der Waals surface area (Å²) in [6, 6.07) is 7.69. The Labute approximate surface area is 140 Å². The zero-order valence-electron chi connectivity index (χ0n) is 11.6. The third-order valence-electron chi connectivity index (χ3n) is 3.40. The Balaban J connectivity index is 0.00000161. The van der Waals surface area contributed by atoms with Gasteiger partial charge in [-0.25, -0.2) is 4.99 Å². The van der Waals surface area contributed by atoms with Gasteiger partial charge >= 0.3 is 0 Å². The van der Waals surface area contributed by atoms with Crippen LogP contribution in [0.15, 0.2) is 29.3 Å². The Morgan fingerprint density at radius 3 is 2.10 bits per heavy atom. The molecule has 6 nitrogen and oxygen atoms in total. The van der Waals surface area contributed by atoms with Crippen molar-refractivity contribution in [1.82, 2.24) is 10.6 Å². The minimum Gasteiger partial charge on any atom is -0.354 e. The molecule has 114 valence electrons. The lowest BCUT2D eigenvalue weighted by atomic mass is 10.2. The van der Waals surface area contributed by atoms with Crippen LogP contribution in [0.4, 0.5) is 5.69 Å². The van der Waals surface area contributed by atoms with E-state index >= 15 is 0 Å². The molecule has 0 amide bonds. The van der Waals surface area contributed by atoms with E-state index in [9.17, 15) is 10.1 Å². The number of guanidine groups is 1. The standard InChI is InChI=1S/C14H18N4O2.HI/c19-18(20)13-7-1-10(2-8-13)9-15-14(16-11-3-4-11)17-12-5-6-12;/h1-2,7-8,11-12H,3-6,9H2,(H2,15,16,17);1H. The molecule has 0 atom stereocenters. The summed E-state index contributed by atoms with van der Waals surface area (Å²) in [5.41, 5.74) is 1.09. The van der Waals surface area contributed by atoms with Gasteiger partial charge in [-0.05, 0) is 31.2 Å². The van der Waals surface area contributed by atoms with Crippen molar-refractivity contribution in [3.05, 3.63) is 39.9 Å². The van der Waals surface area contributed by atoms with E-state index in [1.807, 2.05) is 0 Å². The van der Waals surface area contributed by atoms with Crippen LogP contribution >= 0.6 is 24.0 Å². The van der Waals surface area contributed by atoms with Crippen LogP contribution in [0.25, 0.3) is 0 Å². The van der Waals surface area contributed by atoms with Gasteiger partial charge in [-0.15, -0.1) is 24.0 Å². The fourth-order valence-electron chi connectivity index (χ4n) is 1.87. The summed E-state index contributed by atoms with van der Waals surface area (Å²) in [5, 5.41) is 17.4. The third kappa shape index (κ3) is 5.14. The highest BCUT2D eigenvalue weighted by molar-refractivity contribution is 14.0. The first-order chi connectivity index (χ1) is 9.70. The second-order valence-electron chi connectivity index (χ2n) is 5.43. The lowest BCUT2D eigenvalue weighted by molar-refractivity contribution is -0.384. The van der Waals surface area contributed by atoms with Crippen molar-refractivity contribution >= 4 is 35.6 Å². The van der Waals surface area contributed by atoms with Crippen molar-refractivity contribution in [2.75, 3.05) is 0 Å². The summed E-state index contributed by atoms with van der Waals surface area (Å²) < 4.78 is 0. The number of halogens is 1. The molecule has 0 bridgehead atoms. The van der Waals surface area contributed by atoms with Crippen molar-refractivity contribution in [1.29, 1.82) is 0 Å². The fourth-order valence-corrected chi connectivity index (χ4v) is 1.87. The smallest absolute Gasteiger partial charge is 0.269 e. The SMILES string of the molecule is I.O=[N+]([O-])c1ccc(CN=C(NC2CC2)NC2CC2)cc1. The molecule has 0 heterocycles. The van der Waals surface area contributed by atoms with E-state index in [4.69, 9.17) is 0 Å². The minimum atomic E-state index is -0.387. The number of hydrogen-bond acceptors (Lipinski definition) is 3. The van der Waals surface area contributed by atoms with Crippen LogP contribution in [0.5, 0.6) is 0 Å². The number of benzene rings is 1. The zero-order valence-corrected chi connectivity index (χ0v) is 13.9. The molecule has 0 aliphatic heterocycles. The molecule has 1 aromatic rings.